The Morgan fingerprint density at radius 3 is 2.88 bits per heavy atom. The number of carbonyl (C=O) groups excluding carboxylic acids is 1. The molecule has 0 aliphatic carbocycles. The van der Waals surface area contributed by atoms with Gasteiger partial charge in [-0.05, 0) is 18.6 Å². The van der Waals surface area contributed by atoms with Crippen LogP contribution < -0.4 is 5.32 Å². The second kappa shape index (κ2) is 6.61. The summed E-state index contributed by atoms with van der Waals surface area (Å²) in [7, 11) is 1.59. The van der Waals surface area contributed by atoms with Crippen LogP contribution in [0, 0.1) is 11.3 Å². The maximum Gasteiger partial charge on any atom is 0.270 e. The molecule has 0 fully saturated rings. The minimum Gasteiger partial charge on any atom is -0.383 e. The van der Waals surface area contributed by atoms with E-state index in [0.717, 1.165) is 6.42 Å². The van der Waals surface area contributed by atoms with Gasteiger partial charge in [0.1, 0.15) is 11.8 Å². The van der Waals surface area contributed by atoms with Gasteiger partial charge in [0.15, 0.2) is 0 Å². The smallest absolute Gasteiger partial charge is 0.270 e. The summed E-state index contributed by atoms with van der Waals surface area (Å²) in [6.45, 7) is 2.44. The lowest BCUT2D eigenvalue weighted by Gasteiger charge is -2.15. The first-order valence-electron chi connectivity index (χ1n) is 5.37. The second-order valence-electron chi connectivity index (χ2n) is 3.58. The first-order valence-corrected chi connectivity index (χ1v) is 5.37. The Hall–Kier alpha value is -1.93. The molecule has 1 aromatic rings. The molecular weight excluding hydrogens is 218 g/mol. The van der Waals surface area contributed by atoms with E-state index >= 15 is 0 Å². The number of nitrogens with one attached hydrogen (secondary N) is 1. The number of nitrogens with zero attached hydrogens (tertiary/aromatic N) is 2. The molecule has 1 N–H and O–H groups in total. The molecule has 1 unspecified atom stereocenters. The number of ether oxygens (including phenoxy) is 1. The summed E-state index contributed by atoms with van der Waals surface area (Å²) in [6, 6.07) is 5.03. The molecule has 5 heteroatoms. The average Bonchev–Trinajstić information content (AvgIpc) is 2.38. The fraction of sp³-hybridized carbons (Fsp3) is 0.417. The third kappa shape index (κ3) is 3.85. The molecule has 0 aromatic carbocycles. The van der Waals surface area contributed by atoms with Crippen LogP contribution in [-0.4, -0.2) is 30.6 Å². The van der Waals surface area contributed by atoms with Crippen molar-refractivity contribution in [3.05, 3.63) is 29.6 Å². The summed E-state index contributed by atoms with van der Waals surface area (Å²) in [5, 5.41) is 11.4. The van der Waals surface area contributed by atoms with Crippen molar-refractivity contribution in [2.24, 2.45) is 0 Å². The van der Waals surface area contributed by atoms with Gasteiger partial charge in [-0.2, -0.15) is 5.26 Å². The van der Waals surface area contributed by atoms with Crippen LogP contribution in [0.2, 0.25) is 0 Å². The maximum absolute atomic E-state index is 11.8. The molecule has 0 saturated carbocycles. The number of hydrogen-bond donors (Lipinski definition) is 1. The van der Waals surface area contributed by atoms with Crippen LogP contribution in [0.1, 0.15) is 29.4 Å². The van der Waals surface area contributed by atoms with Crippen molar-refractivity contribution < 1.29 is 9.53 Å². The molecule has 17 heavy (non-hydrogen) atoms. The van der Waals surface area contributed by atoms with E-state index in [4.69, 9.17) is 10.00 Å². The summed E-state index contributed by atoms with van der Waals surface area (Å²) in [4.78, 5) is 15.7. The zero-order valence-corrected chi connectivity index (χ0v) is 9.93. The highest BCUT2D eigenvalue weighted by atomic mass is 16.5. The number of pyridine rings is 1. The number of methoxy groups -OCH3 is 1. The van der Waals surface area contributed by atoms with Gasteiger partial charge in [-0.15, -0.1) is 0 Å². The lowest BCUT2D eigenvalue weighted by Crippen LogP contribution is -2.37. The largest absolute Gasteiger partial charge is 0.383 e. The number of carbonyl (C=O) groups is 1. The van der Waals surface area contributed by atoms with Crippen molar-refractivity contribution in [2.45, 2.75) is 19.4 Å². The predicted octanol–water partition coefficient (Wildman–Crippen LogP) is 1.11. The van der Waals surface area contributed by atoms with Crippen molar-refractivity contribution in [1.29, 1.82) is 5.26 Å². The van der Waals surface area contributed by atoms with E-state index in [1.54, 1.807) is 13.2 Å². The number of hydrogen-bond acceptors (Lipinski definition) is 4. The number of nitriles is 1. The van der Waals surface area contributed by atoms with Crippen LogP contribution in [0.15, 0.2) is 18.3 Å². The molecule has 1 aromatic heterocycles. The molecule has 90 valence electrons. The quantitative estimate of drug-likeness (QED) is 0.826. The van der Waals surface area contributed by atoms with E-state index in [2.05, 4.69) is 10.3 Å². The Morgan fingerprint density at radius 2 is 2.41 bits per heavy atom. The number of aromatic nitrogens is 1. The third-order valence-electron chi connectivity index (χ3n) is 2.32. The Kier molecular flexibility index (Phi) is 5.11. The van der Waals surface area contributed by atoms with Gasteiger partial charge in [0.05, 0.1) is 18.2 Å². The molecule has 0 radical (unpaired) electrons. The van der Waals surface area contributed by atoms with Gasteiger partial charge in [0, 0.05) is 13.3 Å². The molecule has 1 atom stereocenters. The van der Waals surface area contributed by atoms with E-state index < -0.39 is 0 Å². The van der Waals surface area contributed by atoms with Crippen molar-refractivity contribution in [3.8, 4) is 6.07 Å². The maximum atomic E-state index is 11.8. The molecule has 0 aliphatic heterocycles. The summed E-state index contributed by atoms with van der Waals surface area (Å²) in [5.41, 5.74) is 0.740. The number of amides is 1. The molecule has 1 heterocycles. The monoisotopic (exact) mass is 233 g/mol. The van der Waals surface area contributed by atoms with Gasteiger partial charge in [-0.25, -0.2) is 4.98 Å². The topological polar surface area (TPSA) is 75.0 Å². The Bertz CT molecular complexity index is 409. The minimum absolute atomic E-state index is 0.0232. The molecule has 0 bridgehead atoms. The minimum atomic E-state index is -0.251. The van der Waals surface area contributed by atoms with Crippen LogP contribution in [0.3, 0.4) is 0 Å². The summed E-state index contributed by atoms with van der Waals surface area (Å²) in [5.74, 6) is -0.251. The highest BCUT2D eigenvalue weighted by Crippen LogP contribution is 2.00. The lowest BCUT2D eigenvalue weighted by molar-refractivity contribution is 0.0889. The highest BCUT2D eigenvalue weighted by Gasteiger charge is 2.12. The number of rotatable bonds is 5. The van der Waals surface area contributed by atoms with E-state index in [-0.39, 0.29) is 11.9 Å². The van der Waals surface area contributed by atoms with Gasteiger partial charge in [-0.3, -0.25) is 4.79 Å². The SMILES string of the molecule is CCC(COC)NC(=O)c1ccc(C#N)cn1. The molecule has 0 saturated heterocycles. The van der Waals surface area contributed by atoms with Gasteiger partial charge in [-0.1, -0.05) is 6.92 Å². The normalized spacial score (nSPS) is 11.6. The average molecular weight is 233 g/mol. The van der Waals surface area contributed by atoms with Crippen molar-refractivity contribution in [3.63, 3.8) is 0 Å². The van der Waals surface area contributed by atoms with Crippen molar-refractivity contribution in [1.82, 2.24) is 10.3 Å². The Morgan fingerprint density at radius 1 is 1.65 bits per heavy atom. The Labute approximate surface area is 100 Å². The van der Waals surface area contributed by atoms with E-state index in [1.165, 1.54) is 12.3 Å². The standard InChI is InChI=1S/C12H15N3O2/c1-3-10(8-17-2)15-12(16)11-5-4-9(6-13)7-14-11/h4-5,7,10H,3,8H2,1-2H3,(H,15,16). The Balaban J connectivity index is 2.66. The molecule has 1 amide bonds. The predicted molar refractivity (Wildman–Crippen MR) is 62.4 cm³/mol. The van der Waals surface area contributed by atoms with Crippen LogP contribution >= 0.6 is 0 Å². The molecular formula is C12H15N3O2. The van der Waals surface area contributed by atoms with Crippen molar-refractivity contribution >= 4 is 5.91 Å². The summed E-state index contributed by atoms with van der Waals surface area (Å²) >= 11 is 0. The molecule has 0 spiro atoms. The first kappa shape index (κ1) is 13.1. The molecule has 0 aliphatic rings. The summed E-state index contributed by atoms with van der Waals surface area (Å²) < 4.78 is 4.99. The van der Waals surface area contributed by atoms with Crippen LogP contribution in [0.4, 0.5) is 0 Å². The van der Waals surface area contributed by atoms with Crippen molar-refractivity contribution in [2.75, 3.05) is 13.7 Å². The fourth-order valence-corrected chi connectivity index (χ4v) is 1.32. The van der Waals surface area contributed by atoms with Crippen LogP contribution in [0.25, 0.3) is 0 Å². The lowest BCUT2D eigenvalue weighted by atomic mass is 10.2. The van der Waals surface area contributed by atoms with Gasteiger partial charge in [0.2, 0.25) is 0 Å². The van der Waals surface area contributed by atoms with Gasteiger partial charge >= 0.3 is 0 Å². The van der Waals surface area contributed by atoms with Crippen LogP contribution in [-0.2, 0) is 4.74 Å². The molecule has 5 nitrogen and oxygen atoms in total. The first-order chi connectivity index (χ1) is 8.21. The fourth-order valence-electron chi connectivity index (χ4n) is 1.32. The van der Waals surface area contributed by atoms with Gasteiger partial charge < -0.3 is 10.1 Å². The van der Waals surface area contributed by atoms with E-state index in [1.807, 2.05) is 13.0 Å². The van der Waals surface area contributed by atoms with E-state index in [9.17, 15) is 4.79 Å². The molecule has 1 rings (SSSR count). The van der Waals surface area contributed by atoms with E-state index in [0.29, 0.717) is 17.9 Å². The zero-order chi connectivity index (χ0) is 12.7. The second-order valence-corrected chi connectivity index (χ2v) is 3.58. The van der Waals surface area contributed by atoms with Crippen LogP contribution in [0.5, 0.6) is 0 Å². The third-order valence-corrected chi connectivity index (χ3v) is 2.32. The zero-order valence-electron chi connectivity index (χ0n) is 9.93. The van der Waals surface area contributed by atoms with Gasteiger partial charge in [0.25, 0.3) is 5.91 Å². The highest BCUT2D eigenvalue weighted by molar-refractivity contribution is 5.92. The summed E-state index contributed by atoms with van der Waals surface area (Å²) in [6.07, 6.45) is 2.17.